The van der Waals surface area contributed by atoms with Crippen molar-refractivity contribution < 1.29 is 0 Å². The summed E-state index contributed by atoms with van der Waals surface area (Å²) < 4.78 is 1.18. The SMILES string of the molecule is Brc1ccc(C2CC2)cc1.Cl.N. The van der Waals surface area contributed by atoms with Gasteiger partial charge in [0, 0.05) is 4.47 Å². The first-order valence-electron chi connectivity index (χ1n) is 3.62. The third-order valence-corrected chi connectivity index (χ3v) is 2.45. The quantitative estimate of drug-likeness (QED) is 0.806. The van der Waals surface area contributed by atoms with Crippen LogP contribution in [0.3, 0.4) is 0 Å². The second kappa shape index (κ2) is 4.85. The molecule has 0 saturated heterocycles. The third-order valence-electron chi connectivity index (χ3n) is 1.92. The van der Waals surface area contributed by atoms with Crippen molar-refractivity contribution in [1.29, 1.82) is 0 Å². The molecular formula is C9H13BrClN. The van der Waals surface area contributed by atoms with E-state index in [1.807, 2.05) is 0 Å². The zero-order chi connectivity index (χ0) is 6.97. The maximum absolute atomic E-state index is 3.41. The minimum Gasteiger partial charge on any atom is -0.344 e. The van der Waals surface area contributed by atoms with E-state index >= 15 is 0 Å². The van der Waals surface area contributed by atoms with Crippen molar-refractivity contribution in [1.82, 2.24) is 6.15 Å². The molecule has 0 aromatic heterocycles. The summed E-state index contributed by atoms with van der Waals surface area (Å²) in [4.78, 5) is 0. The number of benzene rings is 1. The molecule has 1 fully saturated rings. The maximum atomic E-state index is 3.41. The van der Waals surface area contributed by atoms with E-state index in [4.69, 9.17) is 0 Å². The van der Waals surface area contributed by atoms with Gasteiger partial charge in [-0.05, 0) is 36.5 Å². The second-order valence-electron chi connectivity index (χ2n) is 2.83. The van der Waals surface area contributed by atoms with E-state index < -0.39 is 0 Å². The van der Waals surface area contributed by atoms with Gasteiger partial charge < -0.3 is 6.15 Å². The number of hydrogen-bond donors (Lipinski definition) is 1. The van der Waals surface area contributed by atoms with Gasteiger partial charge >= 0.3 is 0 Å². The fourth-order valence-electron chi connectivity index (χ4n) is 1.15. The summed E-state index contributed by atoms with van der Waals surface area (Å²) >= 11 is 3.41. The zero-order valence-corrected chi connectivity index (χ0v) is 9.20. The normalized spacial score (nSPS) is 14.4. The number of rotatable bonds is 1. The highest BCUT2D eigenvalue weighted by atomic mass is 79.9. The lowest BCUT2D eigenvalue weighted by atomic mass is 10.1. The van der Waals surface area contributed by atoms with Crippen LogP contribution >= 0.6 is 28.3 Å². The van der Waals surface area contributed by atoms with Gasteiger partial charge in [-0.25, -0.2) is 0 Å². The summed E-state index contributed by atoms with van der Waals surface area (Å²) in [5, 5.41) is 0. The van der Waals surface area contributed by atoms with Gasteiger partial charge in [0.05, 0.1) is 0 Å². The lowest BCUT2D eigenvalue weighted by Gasteiger charge is -1.95. The number of halogens is 2. The van der Waals surface area contributed by atoms with Crippen LogP contribution in [-0.4, -0.2) is 0 Å². The van der Waals surface area contributed by atoms with Gasteiger partial charge in [0.2, 0.25) is 0 Å². The molecule has 0 radical (unpaired) electrons. The van der Waals surface area contributed by atoms with Crippen LogP contribution in [0, 0.1) is 0 Å². The Kier molecular flexibility index (Phi) is 4.83. The highest BCUT2D eigenvalue weighted by molar-refractivity contribution is 9.10. The Balaban J connectivity index is 0.000000605. The van der Waals surface area contributed by atoms with Crippen LogP contribution in [0.15, 0.2) is 28.7 Å². The van der Waals surface area contributed by atoms with Crippen molar-refractivity contribution in [2.24, 2.45) is 0 Å². The molecule has 1 aliphatic carbocycles. The van der Waals surface area contributed by atoms with Crippen LogP contribution in [0.1, 0.15) is 24.3 Å². The van der Waals surface area contributed by atoms with Crippen LogP contribution in [0.5, 0.6) is 0 Å². The van der Waals surface area contributed by atoms with Crippen molar-refractivity contribution in [3.05, 3.63) is 34.3 Å². The minimum atomic E-state index is 0. The monoisotopic (exact) mass is 249 g/mol. The van der Waals surface area contributed by atoms with Gasteiger partial charge in [-0.1, -0.05) is 28.1 Å². The third kappa shape index (κ3) is 2.77. The molecule has 0 unspecified atom stereocenters. The van der Waals surface area contributed by atoms with E-state index in [1.54, 1.807) is 0 Å². The topological polar surface area (TPSA) is 35.0 Å². The molecule has 12 heavy (non-hydrogen) atoms. The maximum Gasteiger partial charge on any atom is 0.0175 e. The first-order chi connectivity index (χ1) is 4.86. The van der Waals surface area contributed by atoms with Crippen molar-refractivity contribution in [3.8, 4) is 0 Å². The number of hydrogen-bond acceptors (Lipinski definition) is 1. The molecule has 2 rings (SSSR count). The Bertz CT molecular complexity index is 231. The molecule has 0 aliphatic heterocycles. The van der Waals surface area contributed by atoms with Gasteiger partial charge in [0.25, 0.3) is 0 Å². The fraction of sp³-hybridized carbons (Fsp3) is 0.333. The largest absolute Gasteiger partial charge is 0.344 e. The summed E-state index contributed by atoms with van der Waals surface area (Å²) in [6.45, 7) is 0. The molecule has 3 heteroatoms. The van der Waals surface area contributed by atoms with Crippen LogP contribution in [-0.2, 0) is 0 Å². The minimum absolute atomic E-state index is 0. The molecule has 3 N–H and O–H groups in total. The van der Waals surface area contributed by atoms with Gasteiger partial charge in [0.15, 0.2) is 0 Å². The van der Waals surface area contributed by atoms with E-state index in [9.17, 15) is 0 Å². The van der Waals surface area contributed by atoms with E-state index in [0.717, 1.165) is 5.92 Å². The Morgan fingerprint density at radius 2 is 1.58 bits per heavy atom. The van der Waals surface area contributed by atoms with Crippen molar-refractivity contribution in [2.75, 3.05) is 0 Å². The summed E-state index contributed by atoms with van der Waals surface area (Å²) in [6.07, 6.45) is 2.78. The standard InChI is InChI=1S/C9H9Br.ClH.H3N/c10-9-5-3-8(4-6-9)7-1-2-7;;/h3-7H,1-2H2;1H;1H3. The summed E-state index contributed by atoms with van der Waals surface area (Å²) in [5.74, 6) is 0.882. The Morgan fingerprint density at radius 1 is 1.08 bits per heavy atom. The Labute approximate surface area is 87.7 Å². The van der Waals surface area contributed by atoms with Crippen molar-refractivity contribution in [2.45, 2.75) is 18.8 Å². The zero-order valence-electron chi connectivity index (χ0n) is 6.79. The van der Waals surface area contributed by atoms with Gasteiger partial charge in [-0.15, -0.1) is 12.4 Å². The van der Waals surface area contributed by atoms with E-state index in [1.165, 1.54) is 22.9 Å². The summed E-state index contributed by atoms with van der Waals surface area (Å²) in [5.41, 5.74) is 1.50. The van der Waals surface area contributed by atoms with E-state index in [0.29, 0.717) is 0 Å². The predicted molar refractivity (Wildman–Crippen MR) is 58.4 cm³/mol. The molecule has 0 heterocycles. The molecule has 0 bridgehead atoms. The Morgan fingerprint density at radius 3 is 2.00 bits per heavy atom. The lowest BCUT2D eigenvalue weighted by Crippen LogP contribution is -1.75. The van der Waals surface area contributed by atoms with Gasteiger partial charge in [0.1, 0.15) is 0 Å². The Hall–Kier alpha value is -0.0500. The second-order valence-corrected chi connectivity index (χ2v) is 3.74. The molecule has 68 valence electrons. The van der Waals surface area contributed by atoms with Gasteiger partial charge in [-0.2, -0.15) is 0 Å². The molecule has 1 nitrogen and oxygen atoms in total. The lowest BCUT2D eigenvalue weighted by molar-refractivity contribution is 1.13. The fourth-order valence-corrected chi connectivity index (χ4v) is 1.42. The van der Waals surface area contributed by atoms with Crippen LogP contribution in [0.25, 0.3) is 0 Å². The molecule has 1 aromatic rings. The molecular weight excluding hydrogens is 237 g/mol. The van der Waals surface area contributed by atoms with Crippen LogP contribution in [0.4, 0.5) is 0 Å². The van der Waals surface area contributed by atoms with E-state index in [2.05, 4.69) is 40.2 Å². The smallest absolute Gasteiger partial charge is 0.0175 e. The highest BCUT2D eigenvalue weighted by Gasteiger charge is 2.22. The first kappa shape index (κ1) is 11.9. The molecule has 0 amide bonds. The van der Waals surface area contributed by atoms with Crippen molar-refractivity contribution >= 4 is 28.3 Å². The molecule has 1 aliphatic rings. The predicted octanol–water partition coefficient (Wildman–Crippen LogP) is 3.91. The summed E-state index contributed by atoms with van der Waals surface area (Å²) in [6, 6.07) is 8.66. The van der Waals surface area contributed by atoms with Crippen LogP contribution in [0.2, 0.25) is 0 Å². The van der Waals surface area contributed by atoms with E-state index in [-0.39, 0.29) is 18.6 Å². The average Bonchev–Trinajstić information content (AvgIpc) is 2.71. The highest BCUT2D eigenvalue weighted by Crippen LogP contribution is 2.40. The molecule has 1 aromatic carbocycles. The van der Waals surface area contributed by atoms with Crippen molar-refractivity contribution in [3.63, 3.8) is 0 Å². The summed E-state index contributed by atoms with van der Waals surface area (Å²) in [7, 11) is 0. The molecule has 0 atom stereocenters. The molecule has 0 spiro atoms. The molecule has 1 saturated carbocycles. The first-order valence-corrected chi connectivity index (χ1v) is 4.41. The average molecular weight is 251 g/mol. The van der Waals surface area contributed by atoms with Crippen LogP contribution < -0.4 is 6.15 Å². The van der Waals surface area contributed by atoms with Gasteiger partial charge in [-0.3, -0.25) is 0 Å².